The van der Waals surface area contributed by atoms with Crippen molar-refractivity contribution in [1.82, 2.24) is 4.57 Å². The van der Waals surface area contributed by atoms with Gasteiger partial charge in [0, 0.05) is 12.7 Å². The van der Waals surface area contributed by atoms with Crippen LogP contribution in [0.15, 0.2) is 12.3 Å². The number of aromatic nitrogens is 1. The van der Waals surface area contributed by atoms with Gasteiger partial charge in [-0.3, -0.25) is 0 Å². The van der Waals surface area contributed by atoms with Crippen molar-refractivity contribution in [2.45, 2.75) is 39.0 Å². The van der Waals surface area contributed by atoms with Crippen LogP contribution in [0.3, 0.4) is 0 Å². The number of rotatable bonds is 7. The normalized spacial score (nSPS) is 11.8. The summed E-state index contributed by atoms with van der Waals surface area (Å²) >= 11 is 0. The van der Waals surface area contributed by atoms with Crippen molar-refractivity contribution in [3.63, 3.8) is 0 Å². The summed E-state index contributed by atoms with van der Waals surface area (Å²) in [5.74, 6) is -0.713. The van der Waals surface area contributed by atoms with E-state index in [1.54, 1.807) is 24.6 Å². The highest BCUT2D eigenvalue weighted by molar-refractivity contribution is 7.91. The molecule has 0 aliphatic heterocycles. The first kappa shape index (κ1) is 16.6. The molecule has 0 aliphatic carbocycles. The number of nitrogen functional groups attached to an aromatic ring is 1. The Morgan fingerprint density at radius 3 is 2.65 bits per heavy atom. The van der Waals surface area contributed by atoms with Gasteiger partial charge in [0.1, 0.15) is 12.3 Å². The zero-order valence-corrected chi connectivity index (χ0v) is 12.9. The number of hydrogen-bond acceptors (Lipinski definition) is 5. The van der Waals surface area contributed by atoms with Gasteiger partial charge >= 0.3 is 5.97 Å². The predicted octanol–water partition coefficient (Wildman–Crippen LogP) is 1.46. The number of ether oxygens (including phenoxy) is 1. The van der Waals surface area contributed by atoms with Gasteiger partial charge in [0.25, 0.3) is 0 Å². The molecule has 0 spiro atoms. The fraction of sp³-hybridized carbons (Fsp3) is 0.615. The molecule has 0 unspecified atom stereocenters. The molecule has 0 bridgehead atoms. The molecule has 1 aromatic heterocycles. The standard InChI is InChI=1S/C13H22N2O4S/c1-4-5-15-9-11(14)8-12(15)13(16)19-6-7-20(17,18)10(2)3/h8-10H,4-7,14H2,1-3H3. The lowest BCUT2D eigenvalue weighted by atomic mass is 10.4. The lowest BCUT2D eigenvalue weighted by Crippen LogP contribution is -2.23. The molecule has 2 N–H and O–H groups in total. The van der Waals surface area contributed by atoms with Gasteiger partial charge in [-0.1, -0.05) is 6.92 Å². The fourth-order valence-corrected chi connectivity index (χ4v) is 2.48. The molecule has 0 saturated heterocycles. The highest BCUT2D eigenvalue weighted by Gasteiger charge is 2.18. The number of anilines is 1. The summed E-state index contributed by atoms with van der Waals surface area (Å²) in [6.45, 7) is 5.71. The Labute approximate surface area is 119 Å². The van der Waals surface area contributed by atoms with Crippen LogP contribution in [0.2, 0.25) is 0 Å². The second kappa shape index (κ2) is 6.78. The number of carbonyl (C=O) groups excluding carboxylic acids is 1. The first-order chi connectivity index (χ1) is 9.27. The molecule has 1 rings (SSSR count). The van der Waals surface area contributed by atoms with Gasteiger partial charge in [0.15, 0.2) is 9.84 Å². The Morgan fingerprint density at radius 1 is 1.45 bits per heavy atom. The first-order valence-electron chi connectivity index (χ1n) is 6.62. The SMILES string of the molecule is CCCn1cc(N)cc1C(=O)OCCS(=O)(=O)C(C)C. The summed E-state index contributed by atoms with van der Waals surface area (Å²) in [5, 5.41) is -0.471. The Hall–Kier alpha value is -1.50. The van der Waals surface area contributed by atoms with Crippen molar-refractivity contribution < 1.29 is 17.9 Å². The Bertz CT molecular complexity index is 561. The molecule has 0 saturated carbocycles. The van der Waals surface area contributed by atoms with Crippen molar-refractivity contribution in [3.05, 3.63) is 18.0 Å². The van der Waals surface area contributed by atoms with Crippen molar-refractivity contribution in [1.29, 1.82) is 0 Å². The van der Waals surface area contributed by atoms with Gasteiger partial charge < -0.3 is 15.0 Å². The molecule has 0 amide bonds. The van der Waals surface area contributed by atoms with Crippen LogP contribution < -0.4 is 5.73 Å². The van der Waals surface area contributed by atoms with Crippen LogP contribution in [0.5, 0.6) is 0 Å². The van der Waals surface area contributed by atoms with Crippen LogP contribution in [-0.2, 0) is 21.1 Å². The summed E-state index contributed by atoms with van der Waals surface area (Å²) in [5.41, 5.74) is 6.50. The van der Waals surface area contributed by atoms with Crippen molar-refractivity contribution in [2.24, 2.45) is 0 Å². The van der Waals surface area contributed by atoms with E-state index in [0.717, 1.165) is 6.42 Å². The lowest BCUT2D eigenvalue weighted by molar-refractivity contribution is 0.0516. The summed E-state index contributed by atoms with van der Waals surface area (Å²) in [7, 11) is -3.20. The van der Waals surface area contributed by atoms with Crippen molar-refractivity contribution in [2.75, 3.05) is 18.1 Å². The third kappa shape index (κ3) is 4.26. The smallest absolute Gasteiger partial charge is 0.355 e. The Kier molecular flexibility index (Phi) is 5.62. The number of nitrogens with zero attached hydrogens (tertiary/aromatic N) is 1. The van der Waals surface area contributed by atoms with E-state index in [0.29, 0.717) is 17.9 Å². The molecular weight excluding hydrogens is 280 g/mol. The van der Waals surface area contributed by atoms with E-state index in [-0.39, 0.29) is 12.4 Å². The van der Waals surface area contributed by atoms with E-state index < -0.39 is 21.1 Å². The van der Waals surface area contributed by atoms with E-state index in [1.807, 2.05) is 6.92 Å². The van der Waals surface area contributed by atoms with Crippen LogP contribution in [0.4, 0.5) is 5.69 Å². The predicted molar refractivity (Wildman–Crippen MR) is 78.3 cm³/mol. The number of nitrogens with two attached hydrogens (primary N) is 1. The van der Waals surface area contributed by atoms with E-state index >= 15 is 0 Å². The number of aryl methyl sites for hydroxylation is 1. The van der Waals surface area contributed by atoms with Crippen LogP contribution in [0.25, 0.3) is 0 Å². The molecule has 0 radical (unpaired) electrons. The van der Waals surface area contributed by atoms with Crippen LogP contribution >= 0.6 is 0 Å². The summed E-state index contributed by atoms with van der Waals surface area (Å²) < 4.78 is 29.9. The lowest BCUT2D eigenvalue weighted by Gasteiger charge is -2.10. The Morgan fingerprint density at radius 2 is 2.10 bits per heavy atom. The maximum absolute atomic E-state index is 11.9. The van der Waals surface area contributed by atoms with Gasteiger partial charge in [0.05, 0.1) is 16.7 Å². The number of sulfone groups is 1. The molecule has 20 heavy (non-hydrogen) atoms. The highest BCUT2D eigenvalue weighted by atomic mass is 32.2. The third-order valence-electron chi connectivity index (χ3n) is 2.91. The molecule has 0 fully saturated rings. The second-order valence-corrected chi connectivity index (χ2v) is 7.58. The summed E-state index contributed by atoms with van der Waals surface area (Å²) in [6.07, 6.45) is 2.53. The van der Waals surface area contributed by atoms with Gasteiger partial charge in [-0.15, -0.1) is 0 Å². The zero-order chi connectivity index (χ0) is 15.3. The van der Waals surface area contributed by atoms with Gasteiger partial charge in [-0.05, 0) is 26.3 Å². The fourth-order valence-electron chi connectivity index (χ4n) is 1.69. The largest absolute Gasteiger partial charge is 0.460 e. The van der Waals surface area contributed by atoms with Gasteiger partial charge in [-0.25, -0.2) is 13.2 Å². The third-order valence-corrected chi connectivity index (χ3v) is 5.08. The summed E-state index contributed by atoms with van der Waals surface area (Å²) in [4.78, 5) is 11.9. The molecular formula is C13H22N2O4S. The van der Waals surface area contributed by atoms with Gasteiger partial charge in [0.2, 0.25) is 0 Å². The molecule has 0 aliphatic rings. The topological polar surface area (TPSA) is 91.4 Å². The molecule has 7 heteroatoms. The maximum Gasteiger partial charge on any atom is 0.355 e. The Balaban J connectivity index is 2.64. The molecule has 6 nitrogen and oxygen atoms in total. The van der Waals surface area contributed by atoms with Crippen LogP contribution in [0, 0.1) is 0 Å². The van der Waals surface area contributed by atoms with E-state index in [2.05, 4.69) is 0 Å². The molecule has 1 aromatic rings. The molecule has 0 atom stereocenters. The number of carbonyl (C=O) groups is 1. The summed E-state index contributed by atoms with van der Waals surface area (Å²) in [6, 6.07) is 1.54. The average molecular weight is 302 g/mol. The minimum atomic E-state index is -3.20. The highest BCUT2D eigenvalue weighted by Crippen LogP contribution is 2.13. The number of esters is 1. The average Bonchev–Trinajstić information content (AvgIpc) is 2.70. The van der Waals surface area contributed by atoms with Crippen LogP contribution in [0.1, 0.15) is 37.7 Å². The van der Waals surface area contributed by atoms with Crippen LogP contribution in [-0.4, -0.2) is 36.6 Å². The zero-order valence-electron chi connectivity index (χ0n) is 12.1. The molecule has 114 valence electrons. The van der Waals surface area contributed by atoms with E-state index in [1.165, 1.54) is 6.07 Å². The minimum absolute atomic E-state index is 0.142. The first-order valence-corrected chi connectivity index (χ1v) is 8.33. The van der Waals surface area contributed by atoms with Crippen molar-refractivity contribution in [3.8, 4) is 0 Å². The minimum Gasteiger partial charge on any atom is -0.460 e. The van der Waals surface area contributed by atoms with Gasteiger partial charge in [-0.2, -0.15) is 0 Å². The molecule has 0 aromatic carbocycles. The molecule has 1 heterocycles. The second-order valence-electron chi connectivity index (χ2n) is 4.90. The van der Waals surface area contributed by atoms with E-state index in [9.17, 15) is 13.2 Å². The van der Waals surface area contributed by atoms with Crippen molar-refractivity contribution >= 4 is 21.5 Å². The monoisotopic (exact) mass is 302 g/mol. The van der Waals surface area contributed by atoms with E-state index in [4.69, 9.17) is 10.5 Å². The quantitative estimate of drug-likeness (QED) is 0.770. The number of hydrogen-bond donors (Lipinski definition) is 1. The maximum atomic E-state index is 11.9.